The van der Waals surface area contributed by atoms with Crippen molar-refractivity contribution in [1.82, 2.24) is 0 Å². The SMILES string of the molecule is COc1ccc2c(c1)Nc1ccccc1[Se]2. The van der Waals surface area contributed by atoms with E-state index >= 15 is 0 Å². The summed E-state index contributed by atoms with van der Waals surface area (Å²) < 4.78 is 8.03. The van der Waals surface area contributed by atoms with Gasteiger partial charge in [-0.05, 0) is 0 Å². The Hall–Kier alpha value is -1.44. The molecule has 0 saturated heterocycles. The first-order chi connectivity index (χ1) is 7.86. The number of fused-ring (bicyclic) bond motifs is 2. The van der Waals surface area contributed by atoms with E-state index in [9.17, 15) is 0 Å². The monoisotopic (exact) mass is 277 g/mol. The Bertz CT molecular complexity index is 539. The van der Waals surface area contributed by atoms with Crippen molar-refractivity contribution in [2.24, 2.45) is 0 Å². The zero-order valence-corrected chi connectivity index (χ0v) is 10.6. The molecule has 0 aliphatic carbocycles. The number of para-hydroxylation sites is 1. The molecule has 3 rings (SSSR count). The number of rotatable bonds is 1. The molecule has 0 atom stereocenters. The standard InChI is InChI=1S/C13H11NOSe/c1-15-9-6-7-13-11(8-9)14-10-4-2-3-5-12(10)16-13/h2-8,14H,1H3. The van der Waals surface area contributed by atoms with E-state index in [-0.39, 0.29) is 0 Å². The molecule has 2 aromatic carbocycles. The number of benzene rings is 2. The van der Waals surface area contributed by atoms with Crippen molar-refractivity contribution in [2.45, 2.75) is 0 Å². The summed E-state index contributed by atoms with van der Waals surface area (Å²) in [6, 6.07) is 14.7. The van der Waals surface area contributed by atoms with Gasteiger partial charge in [0.15, 0.2) is 0 Å². The molecule has 0 unspecified atom stereocenters. The molecular formula is C13H11NOSe. The maximum absolute atomic E-state index is 5.24. The summed E-state index contributed by atoms with van der Waals surface area (Å²) in [4.78, 5) is 0. The predicted octanol–water partition coefficient (Wildman–Crippen LogP) is 1.41. The van der Waals surface area contributed by atoms with Gasteiger partial charge in [-0.15, -0.1) is 0 Å². The van der Waals surface area contributed by atoms with Gasteiger partial charge in [-0.3, -0.25) is 0 Å². The van der Waals surface area contributed by atoms with Gasteiger partial charge in [-0.25, -0.2) is 0 Å². The van der Waals surface area contributed by atoms with E-state index in [1.165, 1.54) is 20.3 Å². The Labute approximate surface area is 101 Å². The van der Waals surface area contributed by atoms with E-state index in [1.54, 1.807) is 7.11 Å². The minimum atomic E-state index is 0.392. The fourth-order valence-electron chi connectivity index (χ4n) is 1.75. The molecule has 3 heteroatoms. The average molecular weight is 276 g/mol. The molecule has 80 valence electrons. The van der Waals surface area contributed by atoms with Crippen LogP contribution in [0.15, 0.2) is 42.5 Å². The van der Waals surface area contributed by atoms with E-state index < -0.39 is 0 Å². The molecule has 2 aromatic rings. The van der Waals surface area contributed by atoms with Crippen molar-refractivity contribution in [2.75, 3.05) is 12.4 Å². The molecule has 0 saturated carbocycles. The molecule has 2 nitrogen and oxygen atoms in total. The second-order valence-electron chi connectivity index (χ2n) is 3.59. The Morgan fingerprint density at radius 3 is 2.69 bits per heavy atom. The van der Waals surface area contributed by atoms with Crippen molar-refractivity contribution in [3.05, 3.63) is 42.5 Å². The van der Waals surface area contributed by atoms with Gasteiger partial charge in [0.2, 0.25) is 0 Å². The number of hydrogen-bond donors (Lipinski definition) is 1. The maximum atomic E-state index is 5.24. The van der Waals surface area contributed by atoms with E-state index in [0.717, 1.165) is 5.75 Å². The quantitative estimate of drug-likeness (QED) is 0.679. The van der Waals surface area contributed by atoms with Gasteiger partial charge < -0.3 is 0 Å². The van der Waals surface area contributed by atoms with E-state index in [2.05, 4.69) is 41.7 Å². The van der Waals surface area contributed by atoms with E-state index in [4.69, 9.17) is 4.74 Å². The fraction of sp³-hybridized carbons (Fsp3) is 0.0769. The van der Waals surface area contributed by atoms with Crippen LogP contribution in [0, 0.1) is 0 Å². The Morgan fingerprint density at radius 1 is 1.00 bits per heavy atom. The number of nitrogens with one attached hydrogen (secondary N) is 1. The molecule has 0 fully saturated rings. The molecule has 0 radical (unpaired) electrons. The number of methoxy groups -OCH3 is 1. The first-order valence-corrected chi connectivity index (χ1v) is 6.80. The van der Waals surface area contributed by atoms with Crippen molar-refractivity contribution < 1.29 is 4.74 Å². The zero-order chi connectivity index (χ0) is 11.0. The van der Waals surface area contributed by atoms with Crippen molar-refractivity contribution in [3.63, 3.8) is 0 Å². The molecule has 1 aliphatic rings. The van der Waals surface area contributed by atoms with Crippen LogP contribution in [0.4, 0.5) is 11.4 Å². The normalized spacial score (nSPS) is 12.3. The Balaban J connectivity index is 2.05. The van der Waals surface area contributed by atoms with Crippen LogP contribution in [0.2, 0.25) is 0 Å². The van der Waals surface area contributed by atoms with Crippen LogP contribution >= 0.6 is 0 Å². The fourth-order valence-corrected chi connectivity index (χ4v) is 3.78. The zero-order valence-electron chi connectivity index (χ0n) is 8.86. The Kier molecular flexibility index (Phi) is 2.35. The molecule has 0 aromatic heterocycles. The van der Waals surface area contributed by atoms with Crippen molar-refractivity contribution in [1.29, 1.82) is 0 Å². The van der Waals surface area contributed by atoms with Crippen LogP contribution in [0.25, 0.3) is 0 Å². The summed E-state index contributed by atoms with van der Waals surface area (Å²) in [7, 11) is 1.70. The van der Waals surface area contributed by atoms with Crippen LogP contribution in [-0.4, -0.2) is 22.1 Å². The summed E-state index contributed by atoms with van der Waals surface area (Å²) in [5.74, 6) is 0.904. The molecule has 1 heterocycles. The molecular weight excluding hydrogens is 265 g/mol. The number of hydrogen-bond acceptors (Lipinski definition) is 2. The van der Waals surface area contributed by atoms with Crippen LogP contribution in [0.5, 0.6) is 5.75 Å². The van der Waals surface area contributed by atoms with Gasteiger partial charge >= 0.3 is 101 Å². The third-order valence-corrected chi connectivity index (χ3v) is 4.98. The molecule has 0 bridgehead atoms. The van der Waals surface area contributed by atoms with Crippen LogP contribution in [0.1, 0.15) is 0 Å². The molecule has 1 N–H and O–H groups in total. The summed E-state index contributed by atoms with van der Waals surface area (Å²) in [5, 5.41) is 3.45. The predicted molar refractivity (Wildman–Crippen MR) is 67.7 cm³/mol. The van der Waals surface area contributed by atoms with Crippen LogP contribution < -0.4 is 19.0 Å². The molecule has 1 aliphatic heterocycles. The third kappa shape index (κ3) is 1.58. The first-order valence-electron chi connectivity index (χ1n) is 5.09. The second kappa shape index (κ2) is 3.85. The summed E-state index contributed by atoms with van der Waals surface area (Å²) in [5.41, 5.74) is 2.40. The third-order valence-electron chi connectivity index (χ3n) is 2.56. The first kappa shape index (κ1) is 9.76. The molecule has 16 heavy (non-hydrogen) atoms. The minimum absolute atomic E-state index is 0.392. The van der Waals surface area contributed by atoms with Crippen molar-refractivity contribution in [3.8, 4) is 5.75 Å². The van der Waals surface area contributed by atoms with E-state index in [0.29, 0.717) is 15.0 Å². The summed E-state index contributed by atoms with van der Waals surface area (Å²) in [6.45, 7) is 0. The second-order valence-corrected chi connectivity index (χ2v) is 5.86. The van der Waals surface area contributed by atoms with Gasteiger partial charge in [0, 0.05) is 0 Å². The number of anilines is 2. The summed E-state index contributed by atoms with van der Waals surface area (Å²) in [6.07, 6.45) is 0. The summed E-state index contributed by atoms with van der Waals surface area (Å²) >= 11 is 0.392. The Morgan fingerprint density at radius 2 is 1.81 bits per heavy atom. The molecule has 0 spiro atoms. The van der Waals surface area contributed by atoms with Gasteiger partial charge in [0.1, 0.15) is 0 Å². The van der Waals surface area contributed by atoms with Gasteiger partial charge in [0.25, 0.3) is 0 Å². The van der Waals surface area contributed by atoms with Gasteiger partial charge in [-0.2, -0.15) is 0 Å². The van der Waals surface area contributed by atoms with Gasteiger partial charge in [0.05, 0.1) is 0 Å². The molecule has 0 amide bonds. The van der Waals surface area contributed by atoms with Crippen LogP contribution in [-0.2, 0) is 0 Å². The van der Waals surface area contributed by atoms with Crippen molar-refractivity contribution >= 4 is 35.3 Å². The van der Waals surface area contributed by atoms with Gasteiger partial charge in [-0.1, -0.05) is 0 Å². The topological polar surface area (TPSA) is 21.3 Å². The number of ether oxygens (including phenoxy) is 1. The van der Waals surface area contributed by atoms with Crippen LogP contribution in [0.3, 0.4) is 0 Å². The average Bonchev–Trinajstić information content (AvgIpc) is 2.35. The van der Waals surface area contributed by atoms with E-state index in [1.807, 2.05) is 6.07 Å².